The van der Waals surface area contributed by atoms with E-state index >= 15 is 0 Å². The number of Topliss-reactive ketones (excluding diaryl/α,β-unsaturated/α-hetero) is 1. The lowest BCUT2D eigenvalue weighted by Gasteiger charge is -2.22. The molecule has 1 aromatic heterocycles. The summed E-state index contributed by atoms with van der Waals surface area (Å²) in [6, 6.07) is 9.86. The molecule has 0 bridgehead atoms. The lowest BCUT2D eigenvalue weighted by Crippen LogP contribution is -2.28. The van der Waals surface area contributed by atoms with Crippen molar-refractivity contribution in [3.8, 4) is 11.6 Å². The first kappa shape index (κ1) is 23.4. The predicted molar refractivity (Wildman–Crippen MR) is 122 cm³/mol. The Morgan fingerprint density at radius 2 is 2.03 bits per heavy atom. The zero-order chi connectivity index (χ0) is 22.6. The number of ketones is 1. The van der Waals surface area contributed by atoms with Crippen LogP contribution >= 0.6 is 11.6 Å². The fourth-order valence-electron chi connectivity index (χ4n) is 3.66. The Bertz CT molecular complexity index is 895. The maximum Gasteiger partial charge on any atom is 0.234 e. The van der Waals surface area contributed by atoms with E-state index < -0.39 is 5.60 Å². The van der Waals surface area contributed by atoms with Gasteiger partial charge in [0.25, 0.3) is 0 Å². The first-order chi connectivity index (χ1) is 14.6. The van der Waals surface area contributed by atoms with Crippen molar-refractivity contribution in [2.45, 2.75) is 58.2 Å². The molecule has 1 saturated heterocycles. The van der Waals surface area contributed by atoms with Crippen molar-refractivity contribution in [1.82, 2.24) is 4.98 Å². The first-order valence-electron chi connectivity index (χ1n) is 10.6. The third-order valence-corrected chi connectivity index (χ3v) is 5.59. The summed E-state index contributed by atoms with van der Waals surface area (Å²) in [6.45, 7) is 8.65. The minimum absolute atomic E-state index is 0.0467. The fraction of sp³-hybridized carbons (Fsp3) is 0.500. The molecular formula is C24H31ClN2O4. The molecule has 6 nitrogen and oxygen atoms in total. The lowest BCUT2D eigenvalue weighted by atomic mass is 9.96. The van der Waals surface area contributed by atoms with E-state index in [0.717, 1.165) is 30.0 Å². The molecule has 3 rings (SSSR count). The van der Waals surface area contributed by atoms with Crippen molar-refractivity contribution in [3.05, 3.63) is 47.1 Å². The normalized spacial score (nSPS) is 17.5. The lowest BCUT2D eigenvalue weighted by molar-refractivity contribution is -0.117. The topological polar surface area (TPSA) is 71.9 Å². The van der Waals surface area contributed by atoms with Gasteiger partial charge in [0.15, 0.2) is 0 Å². The Hall–Kier alpha value is -2.31. The van der Waals surface area contributed by atoms with Crippen LogP contribution in [0.15, 0.2) is 36.5 Å². The van der Waals surface area contributed by atoms with Crippen LogP contribution in [-0.4, -0.2) is 47.3 Å². The summed E-state index contributed by atoms with van der Waals surface area (Å²) in [7, 11) is 0. The van der Waals surface area contributed by atoms with E-state index in [9.17, 15) is 9.90 Å². The first-order valence-corrected chi connectivity index (χ1v) is 11.0. The van der Waals surface area contributed by atoms with E-state index in [1.54, 1.807) is 27.0 Å². The Morgan fingerprint density at radius 1 is 1.32 bits per heavy atom. The molecule has 0 aliphatic carbocycles. The van der Waals surface area contributed by atoms with E-state index in [0.29, 0.717) is 23.9 Å². The molecule has 31 heavy (non-hydrogen) atoms. The molecule has 2 atom stereocenters. The Morgan fingerprint density at radius 3 is 2.68 bits per heavy atom. The Labute approximate surface area is 189 Å². The van der Waals surface area contributed by atoms with Crippen LogP contribution in [0.2, 0.25) is 5.02 Å². The number of carbonyl (C=O) groups excluding carboxylic acids is 1. The predicted octanol–water partition coefficient (Wildman–Crippen LogP) is 4.63. The van der Waals surface area contributed by atoms with E-state index in [-0.39, 0.29) is 24.4 Å². The third-order valence-electron chi connectivity index (χ3n) is 5.23. The second-order valence-electron chi connectivity index (χ2n) is 8.90. The van der Waals surface area contributed by atoms with Crippen LogP contribution < -0.4 is 14.4 Å². The van der Waals surface area contributed by atoms with Crippen molar-refractivity contribution >= 4 is 23.1 Å². The average molecular weight is 447 g/mol. The van der Waals surface area contributed by atoms with Crippen molar-refractivity contribution in [3.63, 3.8) is 0 Å². The van der Waals surface area contributed by atoms with Crippen LogP contribution in [0.4, 0.5) is 5.69 Å². The summed E-state index contributed by atoms with van der Waals surface area (Å²) in [4.78, 5) is 17.7. The minimum Gasteiger partial charge on any atom is -0.489 e. The third kappa shape index (κ3) is 6.58. The Kier molecular flexibility index (Phi) is 7.44. The van der Waals surface area contributed by atoms with Gasteiger partial charge >= 0.3 is 0 Å². The van der Waals surface area contributed by atoms with Crippen molar-refractivity contribution in [1.29, 1.82) is 0 Å². The molecular weight excluding hydrogens is 416 g/mol. The molecule has 0 radical (unpaired) electrons. The highest BCUT2D eigenvalue weighted by molar-refractivity contribution is 6.34. The summed E-state index contributed by atoms with van der Waals surface area (Å²) in [6.07, 6.45) is 3.13. The van der Waals surface area contributed by atoms with Gasteiger partial charge in [0.05, 0.1) is 17.8 Å². The van der Waals surface area contributed by atoms with Gasteiger partial charge in [-0.25, -0.2) is 4.98 Å². The monoisotopic (exact) mass is 446 g/mol. The van der Waals surface area contributed by atoms with Gasteiger partial charge in [0, 0.05) is 25.6 Å². The van der Waals surface area contributed by atoms with Crippen LogP contribution in [0.1, 0.15) is 52.0 Å². The van der Waals surface area contributed by atoms with E-state index in [1.807, 2.05) is 30.3 Å². The highest BCUT2D eigenvalue weighted by Gasteiger charge is 2.27. The van der Waals surface area contributed by atoms with Crippen molar-refractivity contribution in [2.75, 3.05) is 24.6 Å². The summed E-state index contributed by atoms with van der Waals surface area (Å²) < 4.78 is 11.8. The molecule has 1 N–H and O–H groups in total. The number of anilines is 1. The number of hydrogen-bond acceptors (Lipinski definition) is 6. The molecule has 1 aliphatic heterocycles. The number of ether oxygens (including phenoxy) is 2. The Balaban J connectivity index is 1.60. The average Bonchev–Trinajstić information content (AvgIpc) is 3.14. The molecule has 0 spiro atoms. The molecule has 168 valence electrons. The highest BCUT2D eigenvalue weighted by Crippen LogP contribution is 2.35. The number of benzene rings is 1. The highest BCUT2D eigenvalue weighted by atomic mass is 35.5. The summed E-state index contributed by atoms with van der Waals surface area (Å²) in [5.74, 6) is 1.54. The molecule has 1 aliphatic rings. The smallest absolute Gasteiger partial charge is 0.234 e. The van der Waals surface area contributed by atoms with Gasteiger partial charge in [-0.2, -0.15) is 0 Å². The zero-order valence-electron chi connectivity index (χ0n) is 18.6. The number of carbonyl (C=O) groups is 1. The molecule has 1 fully saturated rings. The zero-order valence-corrected chi connectivity index (χ0v) is 19.4. The summed E-state index contributed by atoms with van der Waals surface area (Å²) in [5.41, 5.74) is 1.02. The minimum atomic E-state index is -0.965. The maximum atomic E-state index is 11.3. The van der Waals surface area contributed by atoms with E-state index in [4.69, 9.17) is 21.1 Å². The molecule has 0 saturated carbocycles. The SMILES string of the molecule is CC(=O)C[C@@H](C)c1ccc(O[C@@H]2CCN(c3ccnc(OCC(C)(C)O)c3Cl)C2)cc1. The van der Waals surface area contributed by atoms with Gasteiger partial charge in [0.1, 0.15) is 29.3 Å². The fourth-order valence-corrected chi connectivity index (χ4v) is 3.95. The van der Waals surface area contributed by atoms with Gasteiger partial charge < -0.3 is 24.3 Å². The number of aromatic nitrogens is 1. The van der Waals surface area contributed by atoms with Crippen molar-refractivity contribution < 1.29 is 19.4 Å². The number of hydrogen-bond donors (Lipinski definition) is 1. The number of halogens is 1. The van der Waals surface area contributed by atoms with Crippen LogP contribution in [0.3, 0.4) is 0 Å². The molecule has 7 heteroatoms. The molecule has 1 aromatic carbocycles. The summed E-state index contributed by atoms with van der Waals surface area (Å²) in [5, 5.41) is 10.3. The van der Waals surface area contributed by atoms with Gasteiger partial charge in [-0.1, -0.05) is 30.7 Å². The van der Waals surface area contributed by atoms with Crippen LogP contribution in [0.25, 0.3) is 0 Å². The molecule has 2 heterocycles. The number of rotatable bonds is 9. The van der Waals surface area contributed by atoms with Gasteiger partial charge in [0.2, 0.25) is 5.88 Å². The quantitative estimate of drug-likeness (QED) is 0.605. The largest absolute Gasteiger partial charge is 0.489 e. The second-order valence-corrected chi connectivity index (χ2v) is 9.28. The van der Waals surface area contributed by atoms with Crippen LogP contribution in [0, 0.1) is 0 Å². The van der Waals surface area contributed by atoms with Gasteiger partial charge in [-0.15, -0.1) is 0 Å². The molecule has 2 aromatic rings. The maximum absolute atomic E-state index is 11.3. The number of pyridine rings is 1. The van der Waals surface area contributed by atoms with Crippen LogP contribution in [-0.2, 0) is 4.79 Å². The molecule has 0 amide bonds. The van der Waals surface area contributed by atoms with Gasteiger partial charge in [-0.05, 0) is 50.5 Å². The summed E-state index contributed by atoms with van der Waals surface area (Å²) >= 11 is 6.53. The standard InChI is InChI=1S/C24H31ClN2O4/c1-16(13-17(2)28)18-5-7-19(8-6-18)31-20-10-12-27(14-20)21-9-11-26-23(22(21)25)30-15-24(3,4)29/h5-9,11,16,20,29H,10,12-15H2,1-4H3/t16-,20-/m1/s1. The van der Waals surface area contributed by atoms with E-state index in [1.165, 1.54) is 0 Å². The number of nitrogens with zero attached hydrogens (tertiary/aromatic N) is 2. The van der Waals surface area contributed by atoms with E-state index in [2.05, 4.69) is 16.8 Å². The number of aliphatic hydroxyl groups is 1. The van der Waals surface area contributed by atoms with Crippen molar-refractivity contribution in [2.24, 2.45) is 0 Å². The second kappa shape index (κ2) is 9.88. The van der Waals surface area contributed by atoms with Crippen LogP contribution in [0.5, 0.6) is 11.6 Å². The molecule has 0 unspecified atom stereocenters. The van der Waals surface area contributed by atoms with Gasteiger partial charge in [-0.3, -0.25) is 0 Å².